The van der Waals surface area contributed by atoms with Crippen LogP contribution in [0.4, 0.5) is 5.13 Å². The highest BCUT2D eigenvalue weighted by molar-refractivity contribution is 8.00. The maximum Gasteiger partial charge on any atom is 0.352 e. The number of β-lactam (4-membered cyclic amide) rings is 1. The molecule has 13 nitrogen and oxygen atoms in total. The van der Waals surface area contributed by atoms with Gasteiger partial charge in [-0.1, -0.05) is 10.3 Å². The van der Waals surface area contributed by atoms with E-state index < -0.39 is 29.2 Å². The van der Waals surface area contributed by atoms with Crippen molar-refractivity contribution in [2.45, 2.75) is 24.5 Å². The number of nitrogens with two attached hydrogens (primary N) is 1. The van der Waals surface area contributed by atoms with Crippen LogP contribution in [0, 0.1) is 4.91 Å². The maximum atomic E-state index is 12.9. The molecule has 0 bridgehead atoms. The first kappa shape index (κ1) is 24.3. The zero-order chi connectivity index (χ0) is 25.1. The molecule has 4 rings (SSSR count). The molecule has 0 aliphatic carbocycles. The smallest absolute Gasteiger partial charge is 0.352 e. The van der Waals surface area contributed by atoms with Crippen molar-refractivity contribution in [3.63, 3.8) is 0 Å². The van der Waals surface area contributed by atoms with E-state index in [4.69, 9.17) is 10.6 Å². The van der Waals surface area contributed by atoms with Crippen LogP contribution >= 0.6 is 23.1 Å². The topological polar surface area (TPSA) is 181 Å². The average Bonchev–Trinajstić information content (AvgIpc) is 3.27. The number of thiazole rings is 1. The van der Waals surface area contributed by atoms with Crippen LogP contribution in [0.1, 0.15) is 11.3 Å². The highest BCUT2D eigenvalue weighted by Gasteiger charge is 2.54. The van der Waals surface area contributed by atoms with Crippen molar-refractivity contribution in [1.82, 2.24) is 15.2 Å². The zero-order valence-corrected chi connectivity index (χ0v) is 19.9. The largest absolute Gasteiger partial charge is 0.477 e. The highest BCUT2D eigenvalue weighted by Crippen LogP contribution is 2.40. The second-order valence-corrected chi connectivity index (χ2v) is 9.47. The molecule has 2 atom stereocenters. The number of carbonyl (C=O) groups excluding carboxylic acids is 2. The molecule has 2 amide bonds. The van der Waals surface area contributed by atoms with Crippen molar-refractivity contribution in [2.75, 3.05) is 18.6 Å². The van der Waals surface area contributed by atoms with Gasteiger partial charge in [0, 0.05) is 28.8 Å². The number of aliphatic carboxylic acids is 1. The Morgan fingerprint density at radius 3 is 2.74 bits per heavy atom. The number of aromatic nitrogens is 2. The third-order valence-electron chi connectivity index (χ3n) is 5.28. The number of amides is 2. The van der Waals surface area contributed by atoms with E-state index in [9.17, 15) is 24.4 Å². The van der Waals surface area contributed by atoms with E-state index in [2.05, 4.69) is 20.6 Å². The summed E-state index contributed by atoms with van der Waals surface area (Å²) in [4.78, 5) is 58.2. The Morgan fingerprint density at radius 1 is 1.40 bits per heavy atom. The molecule has 0 aromatic carbocycles. The summed E-state index contributed by atoms with van der Waals surface area (Å²) in [6.45, 7) is 0.288. The summed E-state index contributed by atoms with van der Waals surface area (Å²) < 4.78 is 1.75. The second-order valence-electron chi connectivity index (χ2n) is 7.48. The van der Waals surface area contributed by atoms with Gasteiger partial charge in [0.15, 0.2) is 29.8 Å². The van der Waals surface area contributed by atoms with Gasteiger partial charge in [-0.05, 0) is 5.56 Å². The maximum absolute atomic E-state index is 12.9. The quantitative estimate of drug-likeness (QED) is 0.136. The molecule has 182 valence electrons. The van der Waals surface area contributed by atoms with Crippen LogP contribution in [0.15, 0.2) is 51.5 Å². The van der Waals surface area contributed by atoms with Gasteiger partial charge in [-0.3, -0.25) is 14.5 Å². The number of carbonyl (C=O) groups is 3. The highest BCUT2D eigenvalue weighted by atomic mass is 32.2. The summed E-state index contributed by atoms with van der Waals surface area (Å²) in [7, 11) is 1.27. The predicted octanol–water partition coefficient (Wildman–Crippen LogP) is 0.0685. The van der Waals surface area contributed by atoms with Crippen LogP contribution in [0.25, 0.3) is 0 Å². The van der Waals surface area contributed by atoms with Crippen LogP contribution in [0.5, 0.6) is 0 Å². The standard InChI is InChI=1S/C20H19N7O6S2/c1-33-25-13(12-9-35-20(21)23-12)16(28)24-14-17(29)27-15(19(30)31)11(8-34-18(14)27)7-26-4-2-10(3-5-26)6-22-32/h2-5,9,14,18H,6-8H2,1H3,(H3-,21,23,24,28,30,31)/p+1/t14?,18-/m0/s1. The van der Waals surface area contributed by atoms with Gasteiger partial charge in [0.05, 0.1) is 0 Å². The zero-order valence-electron chi connectivity index (χ0n) is 18.3. The first-order valence-electron chi connectivity index (χ1n) is 10.1. The lowest BCUT2D eigenvalue weighted by Crippen LogP contribution is -2.71. The molecule has 2 aromatic rings. The lowest BCUT2D eigenvalue weighted by atomic mass is 10.0. The number of nitrogens with one attached hydrogen (secondary N) is 1. The van der Waals surface area contributed by atoms with Gasteiger partial charge in [-0.25, -0.2) is 14.3 Å². The first-order valence-corrected chi connectivity index (χ1v) is 12.1. The Hall–Kier alpha value is -3.85. The fourth-order valence-corrected chi connectivity index (χ4v) is 5.58. The molecule has 0 spiro atoms. The third-order valence-corrected chi connectivity index (χ3v) is 7.29. The van der Waals surface area contributed by atoms with E-state index in [1.165, 1.54) is 29.2 Å². The lowest BCUT2D eigenvalue weighted by Gasteiger charge is -2.49. The van der Waals surface area contributed by atoms with Crippen molar-refractivity contribution in [3.05, 3.63) is 57.3 Å². The monoisotopic (exact) mass is 518 g/mol. The summed E-state index contributed by atoms with van der Waals surface area (Å²) in [5, 5.41) is 20.2. The van der Waals surface area contributed by atoms with Crippen LogP contribution in [0.2, 0.25) is 0 Å². The second kappa shape index (κ2) is 10.2. The summed E-state index contributed by atoms with van der Waals surface area (Å²) in [5.41, 5.74) is 6.86. The van der Waals surface area contributed by atoms with Gasteiger partial charge in [0.25, 0.3) is 11.8 Å². The Kier molecular flexibility index (Phi) is 7.07. The van der Waals surface area contributed by atoms with E-state index in [1.54, 1.807) is 29.1 Å². The minimum Gasteiger partial charge on any atom is -0.477 e. The molecule has 1 fully saturated rings. The van der Waals surface area contributed by atoms with Crippen LogP contribution in [-0.2, 0) is 32.3 Å². The molecule has 4 heterocycles. The van der Waals surface area contributed by atoms with Crippen LogP contribution < -0.4 is 15.6 Å². The number of carboxylic acid groups (broad SMARTS) is 1. The number of anilines is 1. The molecule has 2 aliphatic rings. The predicted molar refractivity (Wildman–Crippen MR) is 126 cm³/mol. The van der Waals surface area contributed by atoms with Crippen molar-refractivity contribution >= 4 is 51.7 Å². The van der Waals surface area contributed by atoms with Gasteiger partial charge < -0.3 is 21.0 Å². The molecule has 1 unspecified atom stereocenters. The molecule has 2 aromatic heterocycles. The Balaban J connectivity index is 1.51. The normalized spacial score (nSPS) is 19.6. The van der Waals surface area contributed by atoms with Crippen molar-refractivity contribution < 1.29 is 28.9 Å². The summed E-state index contributed by atoms with van der Waals surface area (Å²) in [6, 6.07) is 2.50. The number of rotatable bonds is 9. The number of thioether (sulfide) groups is 1. The Labute approximate surface area is 206 Å². The molecule has 2 aliphatic heterocycles. The number of fused-ring (bicyclic) bond motifs is 1. The van der Waals surface area contributed by atoms with Crippen molar-refractivity contribution in [2.24, 2.45) is 10.3 Å². The van der Waals surface area contributed by atoms with Gasteiger partial charge >= 0.3 is 5.97 Å². The fourth-order valence-electron chi connectivity index (χ4n) is 3.70. The first-order chi connectivity index (χ1) is 16.8. The van der Waals surface area contributed by atoms with Crippen molar-refractivity contribution in [1.29, 1.82) is 0 Å². The summed E-state index contributed by atoms with van der Waals surface area (Å²) in [6.07, 6.45) is 3.43. The van der Waals surface area contributed by atoms with Gasteiger partial charge in [-0.2, -0.15) is 4.91 Å². The number of hydrogen-bond donors (Lipinski definition) is 3. The molecule has 4 N–H and O–H groups in total. The number of pyridine rings is 1. The van der Waals surface area contributed by atoms with E-state index in [-0.39, 0.29) is 35.3 Å². The molecule has 0 saturated carbocycles. The number of oxime groups is 1. The van der Waals surface area contributed by atoms with E-state index in [0.717, 1.165) is 16.9 Å². The van der Waals surface area contributed by atoms with Gasteiger partial charge in [-0.15, -0.1) is 23.1 Å². The van der Waals surface area contributed by atoms with Crippen molar-refractivity contribution in [3.8, 4) is 0 Å². The molecule has 15 heteroatoms. The molecule has 0 radical (unpaired) electrons. The van der Waals surface area contributed by atoms with E-state index >= 15 is 0 Å². The third kappa shape index (κ3) is 4.85. The summed E-state index contributed by atoms with van der Waals surface area (Å²) >= 11 is 2.47. The number of nitrogen functional groups attached to an aromatic ring is 1. The molecule has 35 heavy (non-hydrogen) atoms. The molecular formula is C20H20N7O6S2+. The Morgan fingerprint density at radius 2 is 2.14 bits per heavy atom. The minimum atomic E-state index is -1.23. The van der Waals surface area contributed by atoms with E-state index in [0.29, 0.717) is 11.3 Å². The molecular weight excluding hydrogens is 498 g/mol. The van der Waals surface area contributed by atoms with Gasteiger partial charge in [0.2, 0.25) is 0 Å². The molecule has 1 saturated heterocycles. The lowest BCUT2D eigenvalue weighted by molar-refractivity contribution is -0.689. The number of hydrogen-bond acceptors (Lipinski definition) is 11. The Bertz CT molecular complexity index is 1240. The average molecular weight is 519 g/mol. The summed E-state index contributed by atoms with van der Waals surface area (Å²) in [5.74, 6) is -2.12. The van der Waals surface area contributed by atoms with Gasteiger partial charge in [0.1, 0.15) is 36.5 Å². The number of nitrogens with zero attached hydrogens (tertiary/aromatic N) is 5. The number of carboxylic acids is 1. The number of nitroso groups, excluding NO2 is 1. The minimum absolute atomic E-state index is 0.0451. The SMILES string of the molecule is CON=C(C(=O)NC1C(=O)N2C(C(=O)O)=C(C[n+]3ccc(CN=O)cc3)CS[C@@H]12)c1csc(N)n1. The fraction of sp³-hybridized carbons (Fsp3) is 0.300. The van der Waals surface area contributed by atoms with Crippen LogP contribution in [-0.4, -0.2) is 62.8 Å². The van der Waals surface area contributed by atoms with E-state index in [1.807, 2.05) is 0 Å². The van der Waals surface area contributed by atoms with Crippen LogP contribution in [0.3, 0.4) is 0 Å².